The van der Waals surface area contributed by atoms with Crippen LogP contribution in [0.4, 0.5) is 5.69 Å². The van der Waals surface area contributed by atoms with Crippen LogP contribution in [0.25, 0.3) is 0 Å². The molecule has 29 heavy (non-hydrogen) atoms. The third kappa shape index (κ3) is 8.68. The van der Waals surface area contributed by atoms with Crippen LogP contribution >= 0.6 is 24.0 Å². The summed E-state index contributed by atoms with van der Waals surface area (Å²) in [5.41, 5.74) is 1.33. The Morgan fingerprint density at radius 1 is 1.14 bits per heavy atom. The number of halogens is 1. The van der Waals surface area contributed by atoms with E-state index in [1.807, 2.05) is 7.05 Å². The molecule has 3 rings (SSSR count). The number of rotatable bonds is 9. The van der Waals surface area contributed by atoms with Gasteiger partial charge in [-0.05, 0) is 49.7 Å². The lowest BCUT2D eigenvalue weighted by molar-refractivity contribution is 0.0203. The summed E-state index contributed by atoms with van der Waals surface area (Å²) < 4.78 is 11.2. The number of nitrogens with one attached hydrogen (secondary N) is 2. The van der Waals surface area contributed by atoms with Crippen LogP contribution in [0.1, 0.15) is 25.7 Å². The molecule has 164 valence electrons. The number of guanidine groups is 1. The van der Waals surface area contributed by atoms with Gasteiger partial charge in [-0.2, -0.15) is 0 Å². The Kier molecular flexibility index (Phi) is 11.7. The first-order valence-electron chi connectivity index (χ1n) is 10.7. The molecule has 0 aliphatic carbocycles. The molecule has 0 aromatic heterocycles. The molecule has 0 bridgehead atoms. The second-order valence-corrected chi connectivity index (χ2v) is 7.80. The van der Waals surface area contributed by atoms with Crippen molar-refractivity contribution >= 4 is 35.6 Å². The quantitative estimate of drug-likeness (QED) is 0.229. The standard InChI is InChI=1S/C22H36N4O2.HI/c1-23-22(24-11-5-13-28-18-19-9-14-27-15-10-19)25-16-20-8-12-26(17-20)21-6-3-2-4-7-21;/h2-4,6-7,19-20H,5,8-18H2,1H3,(H2,23,24,25);1H. The fraction of sp³-hybridized carbons (Fsp3) is 0.682. The van der Waals surface area contributed by atoms with E-state index in [4.69, 9.17) is 9.47 Å². The molecular formula is C22H37IN4O2. The molecule has 7 heteroatoms. The first kappa shape index (κ1) is 24.2. The highest BCUT2D eigenvalue weighted by Crippen LogP contribution is 2.22. The summed E-state index contributed by atoms with van der Waals surface area (Å²) in [5.74, 6) is 2.22. The van der Waals surface area contributed by atoms with E-state index in [-0.39, 0.29) is 24.0 Å². The van der Waals surface area contributed by atoms with Gasteiger partial charge >= 0.3 is 0 Å². The lowest BCUT2D eigenvalue weighted by Crippen LogP contribution is -2.40. The lowest BCUT2D eigenvalue weighted by atomic mass is 10.0. The van der Waals surface area contributed by atoms with Crippen LogP contribution in [0.5, 0.6) is 0 Å². The highest BCUT2D eigenvalue weighted by atomic mass is 127. The van der Waals surface area contributed by atoms with E-state index >= 15 is 0 Å². The molecule has 1 aromatic carbocycles. The van der Waals surface area contributed by atoms with Crippen molar-refractivity contribution in [3.63, 3.8) is 0 Å². The average Bonchev–Trinajstić information content (AvgIpc) is 3.23. The van der Waals surface area contributed by atoms with Gasteiger partial charge in [-0.1, -0.05) is 18.2 Å². The second kappa shape index (κ2) is 14.0. The predicted molar refractivity (Wildman–Crippen MR) is 131 cm³/mol. The molecule has 2 aliphatic rings. The van der Waals surface area contributed by atoms with Crippen LogP contribution in [0.2, 0.25) is 0 Å². The number of anilines is 1. The van der Waals surface area contributed by atoms with Gasteiger partial charge in [0, 0.05) is 65.3 Å². The zero-order valence-corrected chi connectivity index (χ0v) is 20.0. The molecule has 0 spiro atoms. The van der Waals surface area contributed by atoms with Gasteiger partial charge in [0.15, 0.2) is 5.96 Å². The normalized spacial score (nSPS) is 20.4. The fourth-order valence-electron chi connectivity index (χ4n) is 3.88. The van der Waals surface area contributed by atoms with Crippen molar-refractivity contribution in [2.45, 2.75) is 25.7 Å². The van der Waals surface area contributed by atoms with Crippen molar-refractivity contribution in [2.75, 3.05) is 64.6 Å². The minimum absolute atomic E-state index is 0. The third-order valence-electron chi connectivity index (χ3n) is 5.64. The highest BCUT2D eigenvalue weighted by molar-refractivity contribution is 14.0. The van der Waals surface area contributed by atoms with Crippen molar-refractivity contribution < 1.29 is 9.47 Å². The summed E-state index contributed by atoms with van der Waals surface area (Å²) in [7, 11) is 1.84. The maximum atomic E-state index is 5.82. The van der Waals surface area contributed by atoms with E-state index in [1.165, 1.54) is 12.1 Å². The first-order valence-corrected chi connectivity index (χ1v) is 10.7. The van der Waals surface area contributed by atoms with Crippen LogP contribution in [0, 0.1) is 11.8 Å². The molecule has 6 nitrogen and oxygen atoms in total. The maximum absolute atomic E-state index is 5.82. The molecule has 1 atom stereocenters. The number of benzene rings is 1. The van der Waals surface area contributed by atoms with Gasteiger partial charge in [0.25, 0.3) is 0 Å². The van der Waals surface area contributed by atoms with Crippen LogP contribution in [-0.2, 0) is 9.47 Å². The van der Waals surface area contributed by atoms with Crippen LogP contribution < -0.4 is 15.5 Å². The van der Waals surface area contributed by atoms with E-state index in [9.17, 15) is 0 Å². The third-order valence-corrected chi connectivity index (χ3v) is 5.64. The topological polar surface area (TPSA) is 58.1 Å². The molecule has 1 aromatic rings. The van der Waals surface area contributed by atoms with Gasteiger partial charge in [-0.3, -0.25) is 4.99 Å². The van der Waals surface area contributed by atoms with E-state index in [1.54, 1.807) is 0 Å². The summed E-state index contributed by atoms with van der Waals surface area (Å²) in [4.78, 5) is 6.81. The number of hydrogen-bond donors (Lipinski definition) is 2. The molecule has 2 heterocycles. The monoisotopic (exact) mass is 516 g/mol. The lowest BCUT2D eigenvalue weighted by Gasteiger charge is -2.21. The van der Waals surface area contributed by atoms with Crippen molar-refractivity contribution in [3.8, 4) is 0 Å². The van der Waals surface area contributed by atoms with Crippen molar-refractivity contribution in [1.29, 1.82) is 0 Å². The zero-order valence-electron chi connectivity index (χ0n) is 17.6. The van der Waals surface area contributed by atoms with Crippen molar-refractivity contribution in [2.24, 2.45) is 16.8 Å². The average molecular weight is 516 g/mol. The molecule has 2 N–H and O–H groups in total. The van der Waals surface area contributed by atoms with E-state index in [0.717, 1.165) is 77.8 Å². The van der Waals surface area contributed by atoms with Gasteiger partial charge in [0.2, 0.25) is 0 Å². The maximum Gasteiger partial charge on any atom is 0.190 e. The molecular weight excluding hydrogens is 479 g/mol. The van der Waals surface area contributed by atoms with Crippen LogP contribution in [0.15, 0.2) is 35.3 Å². The number of aliphatic imine (C=N–C) groups is 1. The molecule has 2 saturated heterocycles. The van der Waals surface area contributed by atoms with Gasteiger partial charge in [-0.15, -0.1) is 24.0 Å². The summed E-state index contributed by atoms with van der Waals surface area (Å²) >= 11 is 0. The number of hydrogen-bond acceptors (Lipinski definition) is 4. The molecule has 2 aliphatic heterocycles. The SMILES string of the molecule is CN=C(NCCCOCC1CCOCC1)NCC1CCN(c2ccccc2)C1.I. The Labute approximate surface area is 192 Å². The summed E-state index contributed by atoms with van der Waals surface area (Å²) in [5, 5.41) is 6.88. The largest absolute Gasteiger partial charge is 0.381 e. The highest BCUT2D eigenvalue weighted by Gasteiger charge is 2.22. The van der Waals surface area contributed by atoms with Crippen LogP contribution in [-0.4, -0.2) is 65.6 Å². The fourth-order valence-corrected chi connectivity index (χ4v) is 3.88. The second-order valence-electron chi connectivity index (χ2n) is 7.80. The van der Waals surface area contributed by atoms with Crippen LogP contribution in [0.3, 0.4) is 0 Å². The Morgan fingerprint density at radius 3 is 2.69 bits per heavy atom. The molecule has 2 fully saturated rings. The van der Waals surface area contributed by atoms with E-state index in [2.05, 4.69) is 50.9 Å². The Hall–Kier alpha value is -1.06. The summed E-state index contributed by atoms with van der Waals surface area (Å²) in [6, 6.07) is 10.7. The minimum Gasteiger partial charge on any atom is -0.381 e. The molecule has 0 amide bonds. The summed E-state index contributed by atoms with van der Waals surface area (Å²) in [6.45, 7) is 7.54. The van der Waals surface area contributed by atoms with Gasteiger partial charge in [-0.25, -0.2) is 0 Å². The molecule has 0 radical (unpaired) electrons. The zero-order chi connectivity index (χ0) is 19.4. The first-order chi connectivity index (χ1) is 13.8. The minimum atomic E-state index is 0. The van der Waals surface area contributed by atoms with Crippen molar-refractivity contribution in [1.82, 2.24) is 10.6 Å². The van der Waals surface area contributed by atoms with Gasteiger partial charge in [0.1, 0.15) is 0 Å². The Balaban J connectivity index is 0.00000300. The van der Waals surface area contributed by atoms with Gasteiger partial charge < -0.3 is 25.0 Å². The molecule has 1 unspecified atom stereocenters. The molecule has 0 saturated carbocycles. The smallest absolute Gasteiger partial charge is 0.190 e. The summed E-state index contributed by atoms with van der Waals surface area (Å²) in [6.07, 6.45) is 4.49. The van der Waals surface area contributed by atoms with Crippen molar-refractivity contribution in [3.05, 3.63) is 30.3 Å². The van der Waals surface area contributed by atoms with Gasteiger partial charge in [0.05, 0.1) is 0 Å². The number of para-hydroxylation sites is 1. The van der Waals surface area contributed by atoms with E-state index in [0.29, 0.717) is 11.8 Å². The number of nitrogens with zero attached hydrogens (tertiary/aromatic N) is 2. The van der Waals surface area contributed by atoms with E-state index < -0.39 is 0 Å². The Bertz CT molecular complexity index is 581. The Morgan fingerprint density at radius 2 is 1.93 bits per heavy atom. The predicted octanol–water partition coefficient (Wildman–Crippen LogP) is 3.13. The number of ether oxygens (including phenoxy) is 2.